The Morgan fingerprint density at radius 3 is 2.35 bits per heavy atom. The molecular weight excluding hydrogens is 321 g/mol. The first-order chi connectivity index (χ1) is 9.31. The van der Waals surface area contributed by atoms with Gasteiger partial charge in [0.25, 0.3) is 0 Å². The number of halogens is 2. The summed E-state index contributed by atoms with van der Waals surface area (Å²) in [6, 6.07) is 6.91. The minimum atomic E-state index is -3.71. The number of nitrogens with zero attached hydrogens (tertiary/aromatic N) is 2. The molecule has 0 amide bonds. The molecule has 20 heavy (non-hydrogen) atoms. The molecule has 0 aliphatic rings. The van der Waals surface area contributed by atoms with Crippen molar-refractivity contribution in [1.82, 2.24) is 14.5 Å². The molecule has 1 N–H and O–H groups in total. The van der Waals surface area contributed by atoms with Gasteiger partial charge in [-0.1, -0.05) is 35.3 Å². The topological polar surface area (TPSA) is 64.0 Å². The van der Waals surface area contributed by atoms with Gasteiger partial charge in [0.15, 0.2) is 0 Å². The lowest BCUT2D eigenvalue weighted by atomic mass is 10.2. The zero-order valence-corrected chi connectivity index (χ0v) is 13.2. The van der Waals surface area contributed by atoms with Crippen LogP contribution in [0.15, 0.2) is 29.2 Å². The summed E-state index contributed by atoms with van der Waals surface area (Å²) < 4.78 is 28.3. The van der Waals surface area contributed by atoms with Gasteiger partial charge in [-0.3, -0.25) is 4.68 Å². The smallest absolute Gasteiger partial charge is 0.245 e. The maximum Gasteiger partial charge on any atom is 0.245 e. The second-order valence-corrected chi connectivity index (χ2v) is 6.78. The largest absolute Gasteiger partial charge is 0.255 e. The number of aryl methyl sites for hydroxylation is 2. The number of hydrogen-bond donors (Lipinski definition) is 1. The average molecular weight is 334 g/mol. The van der Waals surface area contributed by atoms with Crippen LogP contribution in [0, 0.1) is 6.92 Å². The second-order valence-electron chi connectivity index (χ2n) is 4.28. The fourth-order valence-corrected chi connectivity index (χ4v) is 3.66. The Balaban J connectivity index is 2.21. The van der Waals surface area contributed by atoms with Gasteiger partial charge in [-0.05, 0) is 24.6 Å². The highest BCUT2D eigenvalue weighted by Gasteiger charge is 2.24. The van der Waals surface area contributed by atoms with Crippen LogP contribution in [-0.4, -0.2) is 18.2 Å². The van der Waals surface area contributed by atoms with E-state index in [0.717, 1.165) is 5.56 Å². The van der Waals surface area contributed by atoms with Gasteiger partial charge in [0.1, 0.15) is 10.0 Å². The molecule has 8 heteroatoms. The van der Waals surface area contributed by atoms with Crippen molar-refractivity contribution in [2.75, 3.05) is 0 Å². The minimum Gasteiger partial charge on any atom is -0.255 e. The Morgan fingerprint density at radius 1 is 1.25 bits per heavy atom. The zero-order valence-electron chi connectivity index (χ0n) is 10.9. The van der Waals surface area contributed by atoms with Gasteiger partial charge in [-0.15, -0.1) is 0 Å². The molecule has 0 bridgehead atoms. The third kappa shape index (κ3) is 3.15. The Hall–Kier alpha value is -1.08. The monoisotopic (exact) mass is 333 g/mol. The first kappa shape index (κ1) is 15.3. The highest BCUT2D eigenvalue weighted by Crippen LogP contribution is 2.24. The number of sulfonamides is 1. The number of nitrogens with one attached hydrogen (secondary N) is 1. The summed E-state index contributed by atoms with van der Waals surface area (Å²) in [4.78, 5) is 0.00984. The van der Waals surface area contributed by atoms with Crippen LogP contribution in [0.2, 0.25) is 10.2 Å². The Kier molecular flexibility index (Phi) is 4.39. The average Bonchev–Trinajstić information content (AvgIpc) is 2.63. The highest BCUT2D eigenvalue weighted by molar-refractivity contribution is 7.89. The van der Waals surface area contributed by atoms with Gasteiger partial charge in [-0.2, -0.15) is 5.10 Å². The third-order valence-electron chi connectivity index (χ3n) is 2.75. The Bertz CT molecular complexity index is 724. The summed E-state index contributed by atoms with van der Waals surface area (Å²) in [6.45, 7) is 1.76. The van der Waals surface area contributed by atoms with E-state index >= 15 is 0 Å². The van der Waals surface area contributed by atoms with E-state index in [1.54, 1.807) is 38.2 Å². The van der Waals surface area contributed by atoms with E-state index in [1.807, 2.05) is 0 Å². The van der Waals surface area contributed by atoms with Gasteiger partial charge in [0.2, 0.25) is 10.0 Å². The van der Waals surface area contributed by atoms with E-state index in [0.29, 0.717) is 10.7 Å². The lowest BCUT2D eigenvalue weighted by molar-refractivity contribution is 0.580. The molecule has 1 aromatic heterocycles. The molecule has 0 saturated carbocycles. The van der Waals surface area contributed by atoms with Crippen LogP contribution in [0.1, 0.15) is 11.3 Å². The van der Waals surface area contributed by atoms with Crippen LogP contribution in [-0.2, 0) is 23.6 Å². The summed E-state index contributed by atoms with van der Waals surface area (Å²) >= 11 is 11.7. The number of aromatic nitrogens is 2. The highest BCUT2D eigenvalue weighted by atomic mass is 35.5. The molecule has 0 saturated heterocycles. The van der Waals surface area contributed by atoms with E-state index in [9.17, 15) is 8.42 Å². The lowest BCUT2D eigenvalue weighted by Crippen LogP contribution is -2.23. The molecular formula is C12H13Cl2N3O2S. The first-order valence-electron chi connectivity index (χ1n) is 5.74. The van der Waals surface area contributed by atoms with E-state index in [-0.39, 0.29) is 16.6 Å². The summed E-state index contributed by atoms with van der Waals surface area (Å²) in [7, 11) is -2.12. The molecule has 108 valence electrons. The van der Waals surface area contributed by atoms with Gasteiger partial charge in [0, 0.05) is 18.6 Å². The van der Waals surface area contributed by atoms with Crippen molar-refractivity contribution in [2.24, 2.45) is 7.05 Å². The SMILES string of the molecule is Cc1nn(C)c(Cl)c1S(=O)(=O)NCc1ccc(Cl)cc1. The van der Waals surface area contributed by atoms with Crippen molar-refractivity contribution in [2.45, 2.75) is 18.4 Å². The molecule has 0 radical (unpaired) electrons. The van der Waals surface area contributed by atoms with Crippen molar-refractivity contribution >= 4 is 33.2 Å². The standard InChI is InChI=1S/C12H13Cl2N3O2S/c1-8-11(12(14)17(2)16-8)20(18,19)15-7-9-3-5-10(13)6-4-9/h3-6,15H,7H2,1-2H3. The van der Waals surface area contributed by atoms with Crippen LogP contribution in [0.5, 0.6) is 0 Å². The molecule has 0 unspecified atom stereocenters. The molecule has 0 atom stereocenters. The summed E-state index contributed by atoms with van der Waals surface area (Å²) in [6.07, 6.45) is 0. The Morgan fingerprint density at radius 2 is 1.85 bits per heavy atom. The summed E-state index contributed by atoms with van der Waals surface area (Å²) in [5.41, 5.74) is 1.16. The molecule has 1 heterocycles. The molecule has 0 aliphatic heterocycles. The van der Waals surface area contributed by atoms with Gasteiger partial charge < -0.3 is 0 Å². The fraction of sp³-hybridized carbons (Fsp3) is 0.250. The van der Waals surface area contributed by atoms with Gasteiger partial charge in [-0.25, -0.2) is 13.1 Å². The molecule has 2 aromatic rings. The molecule has 0 fully saturated rings. The van der Waals surface area contributed by atoms with Crippen LogP contribution < -0.4 is 4.72 Å². The van der Waals surface area contributed by atoms with Gasteiger partial charge >= 0.3 is 0 Å². The van der Waals surface area contributed by atoms with Crippen LogP contribution in [0.4, 0.5) is 0 Å². The number of hydrogen-bond acceptors (Lipinski definition) is 3. The quantitative estimate of drug-likeness (QED) is 0.934. The van der Waals surface area contributed by atoms with E-state index in [4.69, 9.17) is 23.2 Å². The zero-order chi connectivity index (χ0) is 14.9. The first-order valence-corrected chi connectivity index (χ1v) is 7.98. The molecule has 0 spiro atoms. The van der Waals surface area contributed by atoms with Crippen molar-refractivity contribution in [3.8, 4) is 0 Å². The second kappa shape index (κ2) is 5.73. The molecule has 2 rings (SSSR count). The number of rotatable bonds is 4. The molecule has 5 nitrogen and oxygen atoms in total. The van der Waals surface area contributed by atoms with E-state index in [2.05, 4.69) is 9.82 Å². The predicted octanol–water partition coefficient (Wildman–Crippen LogP) is 2.51. The predicted molar refractivity (Wildman–Crippen MR) is 78.4 cm³/mol. The van der Waals surface area contributed by atoms with E-state index < -0.39 is 10.0 Å². The summed E-state index contributed by atoms with van der Waals surface area (Å²) in [5.74, 6) is 0. The van der Waals surface area contributed by atoms with E-state index in [1.165, 1.54) is 4.68 Å². The minimum absolute atomic E-state index is 0.00984. The molecule has 1 aromatic carbocycles. The van der Waals surface area contributed by atoms with Crippen molar-refractivity contribution in [3.05, 3.63) is 45.7 Å². The van der Waals surface area contributed by atoms with Crippen molar-refractivity contribution in [3.63, 3.8) is 0 Å². The van der Waals surface area contributed by atoms with Crippen LogP contribution in [0.25, 0.3) is 0 Å². The normalized spacial score (nSPS) is 11.8. The Labute approximate surface area is 127 Å². The fourth-order valence-electron chi connectivity index (χ4n) is 1.77. The maximum absolute atomic E-state index is 12.3. The maximum atomic E-state index is 12.3. The summed E-state index contributed by atoms with van der Waals surface area (Å²) in [5, 5.41) is 4.68. The number of benzene rings is 1. The van der Waals surface area contributed by atoms with Gasteiger partial charge in [0.05, 0.1) is 5.69 Å². The van der Waals surface area contributed by atoms with Crippen LogP contribution >= 0.6 is 23.2 Å². The van der Waals surface area contributed by atoms with Crippen molar-refractivity contribution < 1.29 is 8.42 Å². The lowest BCUT2D eigenvalue weighted by Gasteiger charge is -2.06. The van der Waals surface area contributed by atoms with Crippen LogP contribution in [0.3, 0.4) is 0 Å². The third-order valence-corrected chi connectivity index (χ3v) is 5.10. The van der Waals surface area contributed by atoms with Crippen molar-refractivity contribution in [1.29, 1.82) is 0 Å². The molecule has 0 aliphatic carbocycles.